The topological polar surface area (TPSA) is 23.9 Å². The molecule has 18 heavy (non-hydrogen) atoms. The van der Waals surface area contributed by atoms with Gasteiger partial charge in [0.2, 0.25) is 0 Å². The van der Waals surface area contributed by atoms with Gasteiger partial charge < -0.3 is 5.41 Å². The molecule has 2 aliphatic carbocycles. The van der Waals surface area contributed by atoms with Crippen LogP contribution in [0.15, 0.2) is 18.2 Å². The van der Waals surface area contributed by atoms with E-state index in [0.29, 0.717) is 11.3 Å². The molecule has 0 heterocycles. The number of nitrogens with one attached hydrogen (secondary N) is 1. The van der Waals surface area contributed by atoms with Crippen molar-refractivity contribution in [1.82, 2.24) is 0 Å². The summed E-state index contributed by atoms with van der Waals surface area (Å²) >= 11 is 0. The van der Waals surface area contributed by atoms with E-state index in [1.807, 2.05) is 0 Å². The van der Waals surface area contributed by atoms with Crippen LogP contribution in [0, 0.1) is 18.3 Å². The van der Waals surface area contributed by atoms with Gasteiger partial charge in [-0.2, -0.15) is 0 Å². The van der Waals surface area contributed by atoms with E-state index in [9.17, 15) is 0 Å². The Labute approximate surface area is 110 Å². The van der Waals surface area contributed by atoms with Crippen LogP contribution in [0.3, 0.4) is 0 Å². The molecular weight excluding hydrogens is 218 g/mol. The highest BCUT2D eigenvalue weighted by Gasteiger charge is 2.40. The molecule has 0 aromatic heterocycles. The van der Waals surface area contributed by atoms with Gasteiger partial charge in [-0.3, -0.25) is 0 Å². The monoisotopic (exact) mass is 241 g/mol. The summed E-state index contributed by atoms with van der Waals surface area (Å²) in [4.78, 5) is 0. The third kappa shape index (κ3) is 2.23. The predicted octanol–water partition coefficient (Wildman–Crippen LogP) is 4.41. The maximum Gasteiger partial charge on any atom is 0.0123 e. The number of rotatable bonds is 5. The molecule has 1 heteroatoms. The van der Waals surface area contributed by atoms with E-state index in [2.05, 4.69) is 32.0 Å². The second kappa shape index (κ2) is 4.22. The molecule has 0 saturated heterocycles. The van der Waals surface area contributed by atoms with Crippen molar-refractivity contribution < 1.29 is 0 Å². The van der Waals surface area contributed by atoms with Gasteiger partial charge in [0.1, 0.15) is 0 Å². The van der Waals surface area contributed by atoms with E-state index < -0.39 is 0 Å². The molecule has 2 aliphatic rings. The molecule has 1 aromatic carbocycles. The first-order chi connectivity index (χ1) is 8.60. The number of benzene rings is 1. The van der Waals surface area contributed by atoms with Crippen molar-refractivity contribution in [2.24, 2.45) is 5.92 Å². The molecule has 0 unspecified atom stereocenters. The largest absolute Gasteiger partial charge is 0.309 e. The third-order valence-corrected chi connectivity index (χ3v) is 4.77. The van der Waals surface area contributed by atoms with E-state index in [1.54, 1.807) is 5.56 Å². The molecule has 2 saturated carbocycles. The summed E-state index contributed by atoms with van der Waals surface area (Å²) in [5.41, 5.74) is 5.95. The zero-order chi connectivity index (χ0) is 12.8. The molecule has 0 aliphatic heterocycles. The van der Waals surface area contributed by atoms with Crippen molar-refractivity contribution in [3.05, 3.63) is 34.9 Å². The van der Waals surface area contributed by atoms with Crippen LogP contribution in [0.1, 0.15) is 55.7 Å². The molecule has 96 valence electrons. The predicted molar refractivity (Wildman–Crippen MR) is 76.5 cm³/mol. The Kier molecular flexibility index (Phi) is 2.80. The Balaban J connectivity index is 1.79. The molecule has 0 bridgehead atoms. The van der Waals surface area contributed by atoms with Crippen LogP contribution in [0.2, 0.25) is 0 Å². The van der Waals surface area contributed by atoms with E-state index in [1.165, 1.54) is 36.8 Å². The summed E-state index contributed by atoms with van der Waals surface area (Å²) in [6.07, 6.45) is 7.24. The summed E-state index contributed by atoms with van der Waals surface area (Å²) < 4.78 is 0. The molecule has 0 atom stereocenters. The smallest absolute Gasteiger partial charge is 0.0123 e. The number of aryl methyl sites for hydroxylation is 1. The molecule has 1 aromatic rings. The molecule has 0 amide bonds. The van der Waals surface area contributed by atoms with Crippen molar-refractivity contribution in [3.63, 3.8) is 0 Å². The van der Waals surface area contributed by atoms with Gasteiger partial charge in [0.25, 0.3) is 0 Å². The highest BCUT2D eigenvalue weighted by atomic mass is 14.5. The Morgan fingerprint density at radius 1 is 1.33 bits per heavy atom. The van der Waals surface area contributed by atoms with Gasteiger partial charge in [0.05, 0.1) is 0 Å². The summed E-state index contributed by atoms with van der Waals surface area (Å²) in [7, 11) is 0. The van der Waals surface area contributed by atoms with Crippen LogP contribution >= 0.6 is 0 Å². The zero-order valence-electron chi connectivity index (χ0n) is 11.6. The van der Waals surface area contributed by atoms with Crippen molar-refractivity contribution in [3.8, 4) is 0 Å². The minimum atomic E-state index is 0.448. The van der Waals surface area contributed by atoms with Crippen LogP contribution in [-0.2, 0) is 11.8 Å². The first-order valence-corrected chi connectivity index (χ1v) is 7.26. The van der Waals surface area contributed by atoms with Gasteiger partial charge in [0, 0.05) is 5.71 Å². The first kappa shape index (κ1) is 12.0. The Morgan fingerprint density at radius 3 is 2.67 bits per heavy atom. The highest BCUT2D eigenvalue weighted by Crippen LogP contribution is 2.49. The first-order valence-electron chi connectivity index (χ1n) is 7.26. The average molecular weight is 241 g/mol. The van der Waals surface area contributed by atoms with Crippen molar-refractivity contribution in [2.75, 3.05) is 0 Å². The quantitative estimate of drug-likeness (QED) is 0.738. The van der Waals surface area contributed by atoms with Gasteiger partial charge in [-0.25, -0.2) is 0 Å². The number of hydrogen-bond donors (Lipinski definition) is 1. The summed E-state index contributed by atoms with van der Waals surface area (Å²) in [5, 5.41) is 8.07. The Hall–Kier alpha value is -1.11. The molecule has 2 fully saturated rings. The lowest BCUT2D eigenvalue weighted by atomic mass is 9.87. The maximum atomic E-state index is 8.07. The zero-order valence-corrected chi connectivity index (χ0v) is 11.6. The van der Waals surface area contributed by atoms with E-state index in [4.69, 9.17) is 5.41 Å². The van der Waals surface area contributed by atoms with Crippen LogP contribution in [0.25, 0.3) is 0 Å². The van der Waals surface area contributed by atoms with Gasteiger partial charge in [-0.15, -0.1) is 0 Å². The SMILES string of the molecule is Cc1cccc(C2(C)CC2)c1CCC(=N)C1CC1. The normalized spacial score (nSPS) is 20.8. The fraction of sp³-hybridized carbons (Fsp3) is 0.588. The molecule has 1 N–H and O–H groups in total. The standard InChI is InChI=1S/C17H23N/c1-12-4-3-5-15(17(2)10-11-17)14(12)8-9-16(18)13-6-7-13/h3-5,13,18H,6-11H2,1-2H3. The van der Waals surface area contributed by atoms with Crippen LogP contribution in [0.5, 0.6) is 0 Å². The van der Waals surface area contributed by atoms with Gasteiger partial charge in [-0.1, -0.05) is 25.1 Å². The van der Waals surface area contributed by atoms with Gasteiger partial charge >= 0.3 is 0 Å². The minimum Gasteiger partial charge on any atom is -0.309 e. The van der Waals surface area contributed by atoms with Crippen LogP contribution in [-0.4, -0.2) is 5.71 Å². The second-order valence-corrected chi connectivity index (χ2v) is 6.46. The maximum absolute atomic E-state index is 8.07. The fourth-order valence-corrected chi connectivity index (χ4v) is 2.95. The minimum absolute atomic E-state index is 0.448. The lowest BCUT2D eigenvalue weighted by Gasteiger charge is -2.17. The Bertz CT molecular complexity index is 478. The van der Waals surface area contributed by atoms with Crippen LogP contribution < -0.4 is 0 Å². The average Bonchev–Trinajstić information content (AvgIpc) is 3.21. The van der Waals surface area contributed by atoms with E-state index in [0.717, 1.165) is 18.6 Å². The van der Waals surface area contributed by atoms with Crippen molar-refractivity contribution >= 4 is 5.71 Å². The summed E-state index contributed by atoms with van der Waals surface area (Å²) in [5.74, 6) is 0.633. The molecular formula is C17H23N. The molecule has 1 nitrogen and oxygen atoms in total. The lowest BCUT2D eigenvalue weighted by molar-refractivity contribution is 0.763. The van der Waals surface area contributed by atoms with E-state index >= 15 is 0 Å². The highest BCUT2D eigenvalue weighted by molar-refractivity contribution is 5.86. The third-order valence-electron chi connectivity index (χ3n) is 4.77. The van der Waals surface area contributed by atoms with Crippen LogP contribution in [0.4, 0.5) is 0 Å². The molecule has 3 rings (SSSR count). The fourth-order valence-electron chi connectivity index (χ4n) is 2.95. The van der Waals surface area contributed by atoms with E-state index in [-0.39, 0.29) is 0 Å². The molecule has 0 spiro atoms. The summed E-state index contributed by atoms with van der Waals surface area (Å²) in [6.45, 7) is 4.61. The second-order valence-electron chi connectivity index (χ2n) is 6.46. The molecule has 0 radical (unpaired) electrons. The van der Waals surface area contributed by atoms with Gasteiger partial charge in [0.15, 0.2) is 0 Å². The summed E-state index contributed by atoms with van der Waals surface area (Å²) in [6, 6.07) is 6.74. The van der Waals surface area contributed by atoms with Crippen molar-refractivity contribution in [2.45, 2.75) is 57.8 Å². The Morgan fingerprint density at radius 2 is 2.06 bits per heavy atom. The van der Waals surface area contributed by atoms with Crippen molar-refractivity contribution in [1.29, 1.82) is 5.41 Å². The number of hydrogen-bond acceptors (Lipinski definition) is 1. The van der Waals surface area contributed by atoms with Gasteiger partial charge in [-0.05, 0) is 73.5 Å². The lowest BCUT2D eigenvalue weighted by Crippen LogP contribution is -2.09.